The molecule has 5 nitrogen and oxygen atoms in total. The van der Waals surface area contributed by atoms with Crippen LogP contribution in [0.4, 0.5) is 0 Å². The first-order chi connectivity index (χ1) is 10.6. The van der Waals surface area contributed by atoms with Crippen molar-refractivity contribution in [3.63, 3.8) is 0 Å². The fraction of sp³-hybridized carbons (Fsp3) is 0.412. The van der Waals surface area contributed by atoms with Gasteiger partial charge in [0.1, 0.15) is 0 Å². The average molecular weight is 299 g/mol. The van der Waals surface area contributed by atoms with Crippen LogP contribution in [-0.4, -0.2) is 34.7 Å². The molecule has 2 aromatic rings. The monoisotopic (exact) mass is 299 g/mol. The van der Waals surface area contributed by atoms with E-state index in [1.54, 1.807) is 12.4 Å². The molecule has 0 saturated carbocycles. The molecule has 0 radical (unpaired) electrons. The maximum atomic E-state index is 12.4. The molecule has 2 aromatic heterocycles. The normalized spacial score (nSPS) is 21.0. The summed E-state index contributed by atoms with van der Waals surface area (Å²) in [7, 11) is 1.94. The highest BCUT2D eigenvalue weighted by Crippen LogP contribution is 2.20. The molecule has 3 rings (SSSR count). The number of amides is 1. The Morgan fingerprint density at radius 3 is 2.82 bits per heavy atom. The van der Waals surface area contributed by atoms with Gasteiger partial charge < -0.3 is 14.6 Å². The van der Waals surface area contributed by atoms with Gasteiger partial charge in [-0.3, -0.25) is 9.78 Å². The first-order valence-corrected chi connectivity index (χ1v) is 7.54. The summed E-state index contributed by atoms with van der Waals surface area (Å²) in [5.41, 5.74) is 2.93. The minimum Gasteiger partial charge on any atom is -0.379 e. The number of carbonyl (C=O) groups excluding carboxylic acids is 1. The number of nitrogens with zero attached hydrogens (tertiary/aromatic N) is 2. The third kappa shape index (κ3) is 3.04. The quantitative estimate of drug-likeness (QED) is 0.935. The van der Waals surface area contributed by atoms with Crippen LogP contribution < -0.4 is 5.32 Å². The van der Waals surface area contributed by atoms with Crippen molar-refractivity contribution in [2.24, 2.45) is 13.0 Å². The van der Waals surface area contributed by atoms with Crippen molar-refractivity contribution >= 4 is 5.91 Å². The van der Waals surface area contributed by atoms with Gasteiger partial charge in [0.15, 0.2) is 0 Å². The minimum absolute atomic E-state index is 0.0201. The van der Waals surface area contributed by atoms with Crippen LogP contribution in [0.2, 0.25) is 0 Å². The summed E-state index contributed by atoms with van der Waals surface area (Å²) in [6.45, 7) is 3.21. The molecular formula is C17H21N3O2. The van der Waals surface area contributed by atoms with Crippen LogP contribution in [0, 0.1) is 12.8 Å². The first kappa shape index (κ1) is 14.8. The molecule has 116 valence electrons. The highest BCUT2D eigenvalue weighted by atomic mass is 16.5. The molecule has 0 aromatic carbocycles. The Labute approximate surface area is 130 Å². The standard InChI is InChI=1S/C17H21N3O2/c1-12-15(5-8-20(12)2)17(21)19-16-11-22-10-14(16)9-13-3-6-18-7-4-13/h3-8,14,16H,9-11H2,1-2H3,(H,19,21)/t14-,16+/m1/s1. The lowest BCUT2D eigenvalue weighted by Gasteiger charge is -2.19. The number of hydrogen-bond donors (Lipinski definition) is 1. The number of aryl methyl sites for hydroxylation is 1. The summed E-state index contributed by atoms with van der Waals surface area (Å²) in [4.78, 5) is 16.5. The van der Waals surface area contributed by atoms with Gasteiger partial charge in [-0.05, 0) is 37.1 Å². The molecule has 1 N–H and O–H groups in total. The zero-order valence-corrected chi connectivity index (χ0v) is 13.0. The Hall–Kier alpha value is -2.14. The van der Waals surface area contributed by atoms with Crippen molar-refractivity contribution in [2.45, 2.75) is 19.4 Å². The molecule has 0 unspecified atom stereocenters. The topological polar surface area (TPSA) is 56.1 Å². The minimum atomic E-state index is -0.0201. The number of carbonyl (C=O) groups is 1. The van der Waals surface area contributed by atoms with Gasteiger partial charge in [0.05, 0.1) is 24.8 Å². The van der Waals surface area contributed by atoms with E-state index >= 15 is 0 Å². The van der Waals surface area contributed by atoms with E-state index in [9.17, 15) is 4.79 Å². The second kappa shape index (κ2) is 6.32. The van der Waals surface area contributed by atoms with Gasteiger partial charge in [0.25, 0.3) is 5.91 Å². The molecule has 0 bridgehead atoms. The van der Waals surface area contributed by atoms with Crippen molar-refractivity contribution in [1.82, 2.24) is 14.9 Å². The van der Waals surface area contributed by atoms with Crippen LogP contribution >= 0.6 is 0 Å². The predicted molar refractivity (Wildman–Crippen MR) is 83.7 cm³/mol. The van der Waals surface area contributed by atoms with Gasteiger partial charge in [0.2, 0.25) is 0 Å². The summed E-state index contributed by atoms with van der Waals surface area (Å²) in [6.07, 6.45) is 6.39. The average Bonchev–Trinajstić information content (AvgIpc) is 3.08. The predicted octanol–water partition coefficient (Wildman–Crippen LogP) is 1.72. The Morgan fingerprint density at radius 1 is 1.36 bits per heavy atom. The lowest BCUT2D eigenvalue weighted by Crippen LogP contribution is -2.40. The number of hydrogen-bond acceptors (Lipinski definition) is 3. The zero-order valence-electron chi connectivity index (χ0n) is 13.0. The summed E-state index contributed by atoms with van der Waals surface area (Å²) < 4.78 is 7.53. The maximum Gasteiger partial charge on any atom is 0.253 e. The van der Waals surface area contributed by atoms with E-state index in [4.69, 9.17) is 4.74 Å². The third-order valence-electron chi connectivity index (χ3n) is 4.39. The Kier molecular flexibility index (Phi) is 4.24. The van der Waals surface area contributed by atoms with Gasteiger partial charge in [-0.1, -0.05) is 0 Å². The van der Waals surface area contributed by atoms with Crippen molar-refractivity contribution in [2.75, 3.05) is 13.2 Å². The van der Waals surface area contributed by atoms with Crippen molar-refractivity contribution in [3.8, 4) is 0 Å². The molecular weight excluding hydrogens is 278 g/mol. The molecule has 1 saturated heterocycles. The molecule has 1 aliphatic rings. The molecule has 1 fully saturated rings. The molecule has 3 heterocycles. The van der Waals surface area contributed by atoms with Crippen molar-refractivity contribution in [1.29, 1.82) is 0 Å². The summed E-state index contributed by atoms with van der Waals surface area (Å²) in [5.74, 6) is 0.281. The van der Waals surface area contributed by atoms with Gasteiger partial charge in [0, 0.05) is 37.3 Å². The van der Waals surface area contributed by atoms with Crippen molar-refractivity contribution < 1.29 is 9.53 Å². The molecule has 22 heavy (non-hydrogen) atoms. The van der Waals surface area contributed by atoms with Crippen LogP contribution in [0.1, 0.15) is 21.6 Å². The Balaban J connectivity index is 1.66. The van der Waals surface area contributed by atoms with E-state index in [1.165, 1.54) is 5.56 Å². The zero-order chi connectivity index (χ0) is 15.5. The highest BCUT2D eigenvalue weighted by Gasteiger charge is 2.30. The molecule has 5 heteroatoms. The second-order valence-electron chi connectivity index (χ2n) is 5.86. The van der Waals surface area contributed by atoms with E-state index in [-0.39, 0.29) is 11.9 Å². The number of pyridine rings is 1. The largest absolute Gasteiger partial charge is 0.379 e. The number of aromatic nitrogens is 2. The number of ether oxygens (including phenoxy) is 1. The van der Waals surface area contributed by atoms with Crippen LogP contribution in [0.25, 0.3) is 0 Å². The van der Waals surface area contributed by atoms with E-state index in [1.807, 2.05) is 42.9 Å². The maximum absolute atomic E-state index is 12.4. The van der Waals surface area contributed by atoms with Gasteiger partial charge in [-0.15, -0.1) is 0 Å². The third-order valence-corrected chi connectivity index (χ3v) is 4.39. The van der Waals surface area contributed by atoms with Crippen LogP contribution in [0.3, 0.4) is 0 Å². The number of rotatable bonds is 4. The number of nitrogens with one attached hydrogen (secondary N) is 1. The van der Waals surface area contributed by atoms with E-state index < -0.39 is 0 Å². The lowest BCUT2D eigenvalue weighted by molar-refractivity contribution is 0.0924. The van der Waals surface area contributed by atoms with Crippen molar-refractivity contribution in [3.05, 3.63) is 53.6 Å². The van der Waals surface area contributed by atoms with Gasteiger partial charge in [-0.2, -0.15) is 0 Å². The Morgan fingerprint density at radius 2 is 2.14 bits per heavy atom. The molecule has 1 aliphatic heterocycles. The first-order valence-electron chi connectivity index (χ1n) is 7.54. The molecule has 0 spiro atoms. The fourth-order valence-corrected chi connectivity index (χ4v) is 2.88. The summed E-state index contributed by atoms with van der Waals surface area (Å²) in [6, 6.07) is 5.94. The van der Waals surface area contributed by atoms with Crippen LogP contribution in [-0.2, 0) is 18.2 Å². The van der Waals surface area contributed by atoms with Crippen LogP contribution in [0.15, 0.2) is 36.8 Å². The van der Waals surface area contributed by atoms with E-state index in [2.05, 4.69) is 10.3 Å². The molecule has 2 atom stereocenters. The van der Waals surface area contributed by atoms with E-state index in [0.717, 1.165) is 17.7 Å². The van der Waals surface area contributed by atoms with E-state index in [0.29, 0.717) is 19.1 Å². The SMILES string of the molecule is Cc1c(C(=O)N[C@H]2COC[C@H]2Cc2ccncc2)ccn1C. The summed E-state index contributed by atoms with van der Waals surface area (Å²) >= 11 is 0. The second-order valence-corrected chi connectivity index (χ2v) is 5.86. The Bertz CT molecular complexity index is 651. The molecule has 1 amide bonds. The van der Waals surface area contributed by atoms with Gasteiger partial charge >= 0.3 is 0 Å². The lowest BCUT2D eigenvalue weighted by atomic mass is 9.95. The highest BCUT2D eigenvalue weighted by molar-refractivity contribution is 5.95. The fourth-order valence-electron chi connectivity index (χ4n) is 2.88. The summed E-state index contributed by atoms with van der Waals surface area (Å²) in [5, 5.41) is 3.13. The molecule has 0 aliphatic carbocycles. The van der Waals surface area contributed by atoms with Crippen LogP contribution in [0.5, 0.6) is 0 Å². The smallest absolute Gasteiger partial charge is 0.253 e. The van der Waals surface area contributed by atoms with Gasteiger partial charge in [-0.25, -0.2) is 0 Å².